The summed E-state index contributed by atoms with van der Waals surface area (Å²) in [5.41, 5.74) is 8.32. The molecule has 0 fully saturated rings. The van der Waals surface area contributed by atoms with Crippen LogP contribution in [-0.4, -0.2) is 23.8 Å². The van der Waals surface area contributed by atoms with Crippen LogP contribution < -0.4 is 10.2 Å². The zero-order valence-corrected chi connectivity index (χ0v) is 17.2. The molecule has 150 valence electrons. The summed E-state index contributed by atoms with van der Waals surface area (Å²) in [6, 6.07) is 23.5. The fourth-order valence-corrected chi connectivity index (χ4v) is 4.60. The highest BCUT2D eigenvalue weighted by Crippen LogP contribution is 2.49. The first kappa shape index (κ1) is 19.9. The summed E-state index contributed by atoms with van der Waals surface area (Å²) in [4.78, 5) is 23.2. The molecule has 30 heavy (non-hydrogen) atoms. The van der Waals surface area contributed by atoms with Crippen molar-refractivity contribution in [2.24, 2.45) is 5.10 Å². The molecule has 3 aromatic carbocycles. The second kappa shape index (κ2) is 8.97. The zero-order valence-electron chi connectivity index (χ0n) is 16.4. The molecule has 5 nitrogen and oxygen atoms in total. The summed E-state index contributed by atoms with van der Waals surface area (Å²) in [5, 5.41) is 4.16. The number of hydrogen-bond donors (Lipinski definition) is 1. The Morgan fingerprint density at radius 3 is 2.17 bits per heavy atom. The van der Waals surface area contributed by atoms with Crippen LogP contribution in [0, 0.1) is 0 Å². The minimum absolute atomic E-state index is 0.140. The smallest absolute Gasteiger partial charge is 0.308 e. The maximum absolute atomic E-state index is 12.3. The molecule has 0 saturated carbocycles. The maximum Gasteiger partial charge on any atom is 0.308 e. The lowest BCUT2D eigenvalue weighted by Gasteiger charge is -2.12. The average molecular weight is 417 g/mol. The van der Waals surface area contributed by atoms with E-state index in [1.165, 1.54) is 29.2 Å². The number of rotatable bonds is 6. The van der Waals surface area contributed by atoms with Crippen LogP contribution in [0.15, 0.2) is 77.9 Å². The van der Waals surface area contributed by atoms with E-state index in [4.69, 9.17) is 4.74 Å². The molecule has 1 aliphatic carbocycles. The largest absolute Gasteiger partial charge is 0.427 e. The van der Waals surface area contributed by atoms with E-state index < -0.39 is 0 Å². The number of nitrogens with one attached hydrogen (secondary N) is 1. The van der Waals surface area contributed by atoms with Gasteiger partial charge in [-0.2, -0.15) is 5.10 Å². The van der Waals surface area contributed by atoms with Crippen molar-refractivity contribution in [3.8, 4) is 16.9 Å². The van der Waals surface area contributed by atoms with Gasteiger partial charge in [0.1, 0.15) is 5.75 Å². The Balaban J connectivity index is 1.34. The number of carbonyl (C=O) groups excluding carboxylic acids is 2. The van der Waals surface area contributed by atoms with Gasteiger partial charge in [-0.3, -0.25) is 9.59 Å². The van der Waals surface area contributed by atoms with Crippen LogP contribution in [-0.2, 0) is 9.59 Å². The third-order valence-electron chi connectivity index (χ3n) is 4.70. The second-order valence-corrected chi connectivity index (χ2v) is 7.91. The number of hydrogen-bond acceptors (Lipinski definition) is 5. The van der Waals surface area contributed by atoms with E-state index in [9.17, 15) is 9.59 Å². The van der Waals surface area contributed by atoms with Gasteiger partial charge >= 0.3 is 5.97 Å². The van der Waals surface area contributed by atoms with E-state index in [1.54, 1.807) is 42.2 Å². The molecule has 0 unspecified atom stereocenters. The molecular formula is C24H20N2O3S. The number of ether oxygens (including phenoxy) is 1. The highest BCUT2D eigenvalue weighted by molar-refractivity contribution is 8.00. The summed E-state index contributed by atoms with van der Waals surface area (Å²) >= 11 is 1.60. The van der Waals surface area contributed by atoms with Crippen LogP contribution in [0.1, 0.15) is 28.9 Å². The van der Waals surface area contributed by atoms with Gasteiger partial charge in [0.2, 0.25) is 5.91 Å². The first-order chi connectivity index (χ1) is 14.6. The van der Waals surface area contributed by atoms with E-state index in [-0.39, 0.29) is 17.1 Å². The lowest BCUT2D eigenvalue weighted by atomic mass is 10.1. The molecule has 1 aliphatic rings. The van der Waals surface area contributed by atoms with Gasteiger partial charge in [-0.1, -0.05) is 48.5 Å². The highest BCUT2D eigenvalue weighted by atomic mass is 32.2. The molecule has 0 aromatic heterocycles. The van der Waals surface area contributed by atoms with Crippen molar-refractivity contribution in [2.45, 2.75) is 12.2 Å². The summed E-state index contributed by atoms with van der Waals surface area (Å²) < 4.78 is 4.99. The van der Waals surface area contributed by atoms with Crippen molar-refractivity contribution in [3.63, 3.8) is 0 Å². The van der Waals surface area contributed by atoms with Crippen LogP contribution in [0.3, 0.4) is 0 Å². The maximum atomic E-state index is 12.3. The lowest BCUT2D eigenvalue weighted by molar-refractivity contribution is -0.131. The number of amides is 1. The molecule has 0 aliphatic heterocycles. The van der Waals surface area contributed by atoms with Crippen LogP contribution >= 0.6 is 11.8 Å². The fraction of sp³-hybridized carbons (Fsp3) is 0.125. The standard InChI is InChI=1S/C24H20N2O3S/c1-16(27)29-18-12-10-17(11-13-18)14-25-26-23(28)15-30-24-21-8-4-2-6-19(21)20-7-3-5-9-22(20)24/h2-14,24H,15H2,1H3,(H,26,28)/b25-14-. The average Bonchev–Trinajstić information content (AvgIpc) is 3.07. The normalized spacial score (nSPS) is 12.4. The fourth-order valence-electron chi connectivity index (χ4n) is 3.45. The van der Waals surface area contributed by atoms with Crippen molar-refractivity contribution in [1.82, 2.24) is 5.43 Å². The Morgan fingerprint density at radius 2 is 1.57 bits per heavy atom. The molecule has 6 heteroatoms. The molecule has 1 N–H and O–H groups in total. The lowest BCUT2D eigenvalue weighted by Crippen LogP contribution is -2.20. The topological polar surface area (TPSA) is 67.8 Å². The van der Waals surface area contributed by atoms with Crippen LogP contribution in [0.5, 0.6) is 5.75 Å². The van der Waals surface area contributed by atoms with Gasteiger partial charge in [0, 0.05) is 6.92 Å². The van der Waals surface area contributed by atoms with E-state index in [1.807, 2.05) is 24.3 Å². The predicted octanol–water partition coefficient (Wildman–Crippen LogP) is 4.57. The minimum atomic E-state index is -0.367. The molecule has 0 spiro atoms. The number of hydrazone groups is 1. The summed E-state index contributed by atoms with van der Waals surface area (Å²) in [5.74, 6) is 0.247. The predicted molar refractivity (Wildman–Crippen MR) is 120 cm³/mol. The zero-order chi connectivity index (χ0) is 20.9. The quantitative estimate of drug-likeness (QED) is 0.277. The summed E-state index contributed by atoms with van der Waals surface area (Å²) in [7, 11) is 0. The van der Waals surface area contributed by atoms with Crippen molar-refractivity contribution in [3.05, 3.63) is 89.5 Å². The monoisotopic (exact) mass is 416 g/mol. The van der Waals surface area contributed by atoms with Gasteiger partial charge in [0.15, 0.2) is 0 Å². The molecule has 4 rings (SSSR count). The van der Waals surface area contributed by atoms with E-state index in [0.29, 0.717) is 11.5 Å². The number of esters is 1. The molecular weight excluding hydrogens is 396 g/mol. The van der Waals surface area contributed by atoms with Crippen molar-refractivity contribution < 1.29 is 14.3 Å². The van der Waals surface area contributed by atoms with Crippen LogP contribution in [0.2, 0.25) is 0 Å². The number of fused-ring (bicyclic) bond motifs is 3. The minimum Gasteiger partial charge on any atom is -0.427 e. The Labute approximate surface area is 179 Å². The van der Waals surface area contributed by atoms with E-state index in [2.05, 4.69) is 34.8 Å². The summed E-state index contributed by atoms with van der Waals surface area (Å²) in [6.45, 7) is 1.35. The van der Waals surface area contributed by atoms with Crippen molar-refractivity contribution >= 4 is 29.9 Å². The van der Waals surface area contributed by atoms with E-state index in [0.717, 1.165) is 5.56 Å². The molecule has 1 amide bonds. The molecule has 0 heterocycles. The Bertz CT molecular complexity index is 1060. The Hall–Kier alpha value is -3.38. The van der Waals surface area contributed by atoms with Crippen molar-refractivity contribution in [2.75, 3.05) is 5.75 Å². The molecule has 0 saturated heterocycles. The van der Waals surface area contributed by atoms with Crippen LogP contribution in [0.4, 0.5) is 0 Å². The first-order valence-electron chi connectivity index (χ1n) is 9.52. The summed E-state index contributed by atoms with van der Waals surface area (Å²) in [6.07, 6.45) is 1.56. The molecule has 3 aromatic rings. The highest BCUT2D eigenvalue weighted by Gasteiger charge is 2.28. The molecule has 0 bridgehead atoms. The van der Waals surface area contributed by atoms with Gasteiger partial charge in [0.25, 0.3) is 0 Å². The van der Waals surface area contributed by atoms with Crippen LogP contribution in [0.25, 0.3) is 11.1 Å². The third kappa shape index (κ3) is 4.44. The van der Waals surface area contributed by atoms with E-state index >= 15 is 0 Å². The van der Waals surface area contributed by atoms with Crippen molar-refractivity contribution in [1.29, 1.82) is 0 Å². The van der Waals surface area contributed by atoms with Gasteiger partial charge in [-0.05, 0) is 52.1 Å². The van der Waals surface area contributed by atoms with Gasteiger partial charge in [-0.15, -0.1) is 11.8 Å². The van der Waals surface area contributed by atoms with Gasteiger partial charge in [-0.25, -0.2) is 5.43 Å². The first-order valence-corrected chi connectivity index (χ1v) is 10.6. The number of carbonyl (C=O) groups is 2. The second-order valence-electron chi connectivity index (χ2n) is 6.82. The molecule has 0 atom stereocenters. The number of nitrogens with zero attached hydrogens (tertiary/aromatic N) is 1. The van der Waals surface area contributed by atoms with Gasteiger partial charge < -0.3 is 4.74 Å². The SMILES string of the molecule is CC(=O)Oc1ccc(/C=N\NC(=O)CSC2c3ccccc3-c3ccccc32)cc1. The Morgan fingerprint density at radius 1 is 0.967 bits per heavy atom. The Kier molecular flexibility index (Phi) is 5.95. The third-order valence-corrected chi connectivity index (χ3v) is 5.97. The number of benzene rings is 3. The molecule has 0 radical (unpaired) electrons. The van der Waals surface area contributed by atoms with Gasteiger partial charge in [0.05, 0.1) is 17.2 Å². The number of thioether (sulfide) groups is 1.